The van der Waals surface area contributed by atoms with E-state index in [1.807, 2.05) is 0 Å². The van der Waals surface area contributed by atoms with Crippen LogP contribution in [0.1, 0.15) is 33.8 Å². The number of hydrogen-bond acceptors (Lipinski definition) is 6. The first-order valence-corrected chi connectivity index (χ1v) is 12.3. The first-order valence-electron chi connectivity index (χ1n) is 12.3. The van der Waals surface area contributed by atoms with Crippen molar-refractivity contribution < 1.29 is 40.4 Å². The Bertz CT molecular complexity index is 1240. The summed E-state index contributed by atoms with van der Waals surface area (Å²) >= 11 is 0. The van der Waals surface area contributed by atoms with E-state index in [0.29, 0.717) is 32.7 Å². The van der Waals surface area contributed by atoms with Crippen LogP contribution in [-0.2, 0) is 23.5 Å². The van der Waals surface area contributed by atoms with Gasteiger partial charge in [-0.3, -0.25) is 9.69 Å². The van der Waals surface area contributed by atoms with E-state index in [4.69, 9.17) is 9.26 Å². The molecule has 4 rings (SSSR count). The van der Waals surface area contributed by atoms with Crippen LogP contribution in [0.3, 0.4) is 0 Å². The van der Waals surface area contributed by atoms with E-state index in [-0.39, 0.29) is 35.8 Å². The van der Waals surface area contributed by atoms with Crippen molar-refractivity contribution in [3.05, 3.63) is 71.1 Å². The molecule has 0 saturated carbocycles. The summed E-state index contributed by atoms with van der Waals surface area (Å²) in [5.74, 6) is -0.367. The van der Waals surface area contributed by atoms with E-state index in [9.17, 15) is 31.1 Å². The number of halogens is 6. The normalized spacial score (nSPS) is 14.9. The van der Waals surface area contributed by atoms with E-state index < -0.39 is 29.4 Å². The first-order chi connectivity index (χ1) is 18.5. The Morgan fingerprint density at radius 3 is 2.28 bits per heavy atom. The van der Waals surface area contributed by atoms with Gasteiger partial charge >= 0.3 is 12.4 Å². The molecule has 1 aliphatic rings. The van der Waals surface area contributed by atoms with Crippen molar-refractivity contribution in [3.8, 4) is 11.4 Å². The fraction of sp³-hybridized carbons (Fsp3) is 0.423. The summed E-state index contributed by atoms with van der Waals surface area (Å²) < 4.78 is 88.5. The predicted octanol–water partition coefficient (Wildman–Crippen LogP) is 5.18. The van der Waals surface area contributed by atoms with Crippen LogP contribution in [-0.4, -0.2) is 71.8 Å². The van der Waals surface area contributed by atoms with Gasteiger partial charge in [0.25, 0.3) is 5.91 Å². The quantitative estimate of drug-likeness (QED) is 0.339. The molecule has 2 heterocycles. The number of morpholine rings is 1. The molecule has 0 bridgehead atoms. The molecule has 0 unspecified atom stereocenters. The smallest absolute Gasteiger partial charge is 0.379 e. The van der Waals surface area contributed by atoms with Crippen LogP contribution in [0.5, 0.6) is 0 Å². The Labute approximate surface area is 220 Å². The van der Waals surface area contributed by atoms with Gasteiger partial charge in [-0.25, -0.2) is 0 Å². The molecule has 0 N–H and O–H groups in total. The number of hydrogen-bond donors (Lipinski definition) is 0. The van der Waals surface area contributed by atoms with E-state index in [1.165, 1.54) is 17.0 Å². The highest BCUT2D eigenvalue weighted by atomic mass is 19.4. The fourth-order valence-corrected chi connectivity index (χ4v) is 4.15. The number of benzene rings is 2. The van der Waals surface area contributed by atoms with Crippen molar-refractivity contribution in [2.24, 2.45) is 0 Å². The Morgan fingerprint density at radius 1 is 0.923 bits per heavy atom. The molecular weight excluding hydrogens is 530 g/mol. The molecule has 1 fully saturated rings. The molecule has 210 valence electrons. The van der Waals surface area contributed by atoms with E-state index in [1.54, 1.807) is 0 Å². The number of rotatable bonds is 9. The Morgan fingerprint density at radius 2 is 1.62 bits per heavy atom. The van der Waals surface area contributed by atoms with Crippen molar-refractivity contribution in [3.63, 3.8) is 0 Å². The van der Waals surface area contributed by atoms with Crippen molar-refractivity contribution in [2.45, 2.75) is 25.2 Å². The minimum atomic E-state index is -4.52. The van der Waals surface area contributed by atoms with Gasteiger partial charge in [-0.05, 0) is 42.8 Å². The molecule has 1 aromatic heterocycles. The van der Waals surface area contributed by atoms with Gasteiger partial charge in [0.05, 0.1) is 24.3 Å². The zero-order chi connectivity index (χ0) is 28.0. The Balaban J connectivity index is 1.44. The lowest BCUT2D eigenvalue weighted by molar-refractivity contribution is -0.138. The van der Waals surface area contributed by atoms with Gasteiger partial charge in [0, 0.05) is 50.3 Å². The lowest BCUT2D eigenvalue weighted by Gasteiger charge is -2.28. The number of ether oxygens (including phenoxy) is 1. The molecule has 0 aliphatic carbocycles. The number of amides is 1. The monoisotopic (exact) mass is 556 g/mol. The lowest BCUT2D eigenvalue weighted by Crippen LogP contribution is -2.39. The number of carbonyl (C=O) groups is 1. The highest BCUT2D eigenvalue weighted by Gasteiger charge is 2.31. The van der Waals surface area contributed by atoms with E-state index in [0.717, 1.165) is 49.5 Å². The SMILES string of the molecule is O=C(c1ccc(C(F)(F)F)cc1)N(CCCN1CCOCC1)CCc1nc(-c2cccc(C(F)(F)F)c2)no1. The third kappa shape index (κ3) is 7.79. The molecule has 39 heavy (non-hydrogen) atoms. The molecule has 2 aromatic carbocycles. The minimum absolute atomic E-state index is 0.0240. The highest BCUT2D eigenvalue weighted by Crippen LogP contribution is 2.32. The number of aromatic nitrogens is 2. The summed E-state index contributed by atoms with van der Waals surface area (Å²) in [5, 5.41) is 3.76. The lowest BCUT2D eigenvalue weighted by atomic mass is 10.1. The largest absolute Gasteiger partial charge is 0.416 e. The van der Waals surface area contributed by atoms with E-state index in [2.05, 4.69) is 15.0 Å². The fourth-order valence-electron chi connectivity index (χ4n) is 4.15. The first kappa shape index (κ1) is 28.6. The third-order valence-electron chi connectivity index (χ3n) is 6.26. The standard InChI is InChI=1S/C26H26F6N4O3/c27-25(28,29)20-7-5-18(6-8-20)24(37)36(11-2-10-35-13-15-38-16-14-35)12-9-22-33-23(34-39-22)19-3-1-4-21(17-19)26(30,31)32/h1,3-8,17H,2,9-16H2. The van der Waals surface area contributed by atoms with Crippen molar-refractivity contribution in [1.82, 2.24) is 19.9 Å². The molecular formula is C26H26F6N4O3. The molecule has 0 radical (unpaired) electrons. The second-order valence-electron chi connectivity index (χ2n) is 9.02. The average molecular weight is 557 g/mol. The average Bonchev–Trinajstić information content (AvgIpc) is 3.39. The van der Waals surface area contributed by atoms with Gasteiger partial charge in [0.1, 0.15) is 0 Å². The summed E-state index contributed by atoms with van der Waals surface area (Å²) in [6.45, 7) is 3.94. The van der Waals surface area contributed by atoms with Crippen LogP contribution < -0.4 is 0 Å². The van der Waals surface area contributed by atoms with Crippen molar-refractivity contribution in [2.75, 3.05) is 45.9 Å². The predicted molar refractivity (Wildman–Crippen MR) is 128 cm³/mol. The summed E-state index contributed by atoms with van der Waals surface area (Å²) in [6, 6.07) is 8.52. The second-order valence-corrected chi connectivity index (χ2v) is 9.02. The Hall–Kier alpha value is -3.45. The maximum absolute atomic E-state index is 13.2. The maximum atomic E-state index is 13.2. The third-order valence-corrected chi connectivity index (χ3v) is 6.26. The van der Waals surface area contributed by atoms with Gasteiger partial charge in [-0.1, -0.05) is 17.3 Å². The molecule has 1 saturated heterocycles. The summed E-state index contributed by atoms with van der Waals surface area (Å²) in [7, 11) is 0. The van der Waals surface area contributed by atoms with Gasteiger partial charge in [-0.15, -0.1) is 0 Å². The minimum Gasteiger partial charge on any atom is -0.379 e. The van der Waals surface area contributed by atoms with Gasteiger partial charge in [0.2, 0.25) is 11.7 Å². The molecule has 0 atom stereocenters. The summed E-state index contributed by atoms with van der Waals surface area (Å²) in [4.78, 5) is 21.1. The molecule has 13 heteroatoms. The van der Waals surface area contributed by atoms with Crippen molar-refractivity contribution in [1.29, 1.82) is 0 Å². The summed E-state index contributed by atoms with van der Waals surface area (Å²) in [6.07, 6.45) is -8.32. The van der Waals surface area contributed by atoms with Crippen LogP contribution in [0.25, 0.3) is 11.4 Å². The van der Waals surface area contributed by atoms with Gasteiger partial charge in [0.15, 0.2) is 0 Å². The molecule has 0 spiro atoms. The van der Waals surface area contributed by atoms with Crippen LogP contribution in [0.2, 0.25) is 0 Å². The van der Waals surface area contributed by atoms with Gasteiger partial charge in [-0.2, -0.15) is 31.3 Å². The zero-order valence-electron chi connectivity index (χ0n) is 20.8. The van der Waals surface area contributed by atoms with Crippen LogP contribution in [0.15, 0.2) is 53.1 Å². The van der Waals surface area contributed by atoms with Crippen LogP contribution in [0.4, 0.5) is 26.3 Å². The second kappa shape index (κ2) is 12.2. The number of carbonyl (C=O) groups excluding carboxylic acids is 1. The van der Waals surface area contributed by atoms with Crippen LogP contribution >= 0.6 is 0 Å². The number of nitrogens with zero attached hydrogens (tertiary/aromatic N) is 4. The number of alkyl halides is 6. The topological polar surface area (TPSA) is 71.7 Å². The molecule has 3 aromatic rings. The molecule has 7 nitrogen and oxygen atoms in total. The maximum Gasteiger partial charge on any atom is 0.416 e. The van der Waals surface area contributed by atoms with Crippen molar-refractivity contribution >= 4 is 5.91 Å². The highest BCUT2D eigenvalue weighted by molar-refractivity contribution is 5.94. The van der Waals surface area contributed by atoms with E-state index >= 15 is 0 Å². The molecule has 1 amide bonds. The zero-order valence-corrected chi connectivity index (χ0v) is 20.8. The Kier molecular flexibility index (Phi) is 8.90. The van der Waals surface area contributed by atoms with Crippen LogP contribution in [0, 0.1) is 0 Å². The summed E-state index contributed by atoms with van der Waals surface area (Å²) in [5.41, 5.74) is -1.47. The molecule has 1 aliphatic heterocycles. The van der Waals surface area contributed by atoms with Gasteiger partial charge < -0.3 is 14.2 Å².